The Bertz CT molecular complexity index is 612. The number of hydrogen-bond donors (Lipinski definition) is 1. The Morgan fingerprint density at radius 2 is 2.18 bits per heavy atom. The van der Waals surface area contributed by atoms with E-state index in [1.54, 1.807) is 12.3 Å². The first-order chi connectivity index (χ1) is 8.18. The SMILES string of the molecule is Cc1cs/c(=N\N=C/c2ccccc2Cl)n1N. The van der Waals surface area contributed by atoms with Crippen LogP contribution in [0.25, 0.3) is 0 Å². The lowest BCUT2D eigenvalue weighted by atomic mass is 10.2. The summed E-state index contributed by atoms with van der Waals surface area (Å²) in [5.74, 6) is 5.75. The molecule has 0 saturated heterocycles. The van der Waals surface area contributed by atoms with Gasteiger partial charge in [0.1, 0.15) is 0 Å². The van der Waals surface area contributed by atoms with Gasteiger partial charge < -0.3 is 5.84 Å². The zero-order valence-corrected chi connectivity index (χ0v) is 10.7. The van der Waals surface area contributed by atoms with E-state index in [0.717, 1.165) is 11.3 Å². The molecule has 0 aliphatic heterocycles. The van der Waals surface area contributed by atoms with Crippen LogP contribution < -0.4 is 10.6 Å². The van der Waals surface area contributed by atoms with Crippen molar-refractivity contribution in [2.75, 3.05) is 5.84 Å². The second-order valence-electron chi connectivity index (χ2n) is 3.40. The Labute approximate surface area is 108 Å². The lowest BCUT2D eigenvalue weighted by Crippen LogP contribution is -2.23. The summed E-state index contributed by atoms with van der Waals surface area (Å²) in [4.78, 5) is 0.644. The van der Waals surface area contributed by atoms with Gasteiger partial charge in [-0.3, -0.25) is 0 Å². The van der Waals surface area contributed by atoms with Crippen molar-refractivity contribution in [3.05, 3.63) is 50.7 Å². The second kappa shape index (κ2) is 5.16. The molecule has 0 aliphatic rings. The summed E-state index contributed by atoms with van der Waals surface area (Å²) in [6.45, 7) is 1.91. The van der Waals surface area contributed by atoms with Crippen LogP contribution in [0.4, 0.5) is 0 Å². The van der Waals surface area contributed by atoms with Gasteiger partial charge in [-0.05, 0) is 13.0 Å². The van der Waals surface area contributed by atoms with E-state index in [1.165, 1.54) is 16.0 Å². The van der Waals surface area contributed by atoms with Crippen LogP contribution in [0.5, 0.6) is 0 Å². The molecule has 1 aromatic heterocycles. The summed E-state index contributed by atoms with van der Waals surface area (Å²) < 4.78 is 1.49. The summed E-state index contributed by atoms with van der Waals surface area (Å²) >= 11 is 7.42. The van der Waals surface area contributed by atoms with Crippen LogP contribution in [0.2, 0.25) is 5.02 Å². The zero-order valence-electron chi connectivity index (χ0n) is 9.17. The molecule has 1 heterocycles. The molecule has 1 aromatic carbocycles. The Kier molecular flexibility index (Phi) is 3.61. The van der Waals surface area contributed by atoms with Crippen LogP contribution in [0.15, 0.2) is 39.8 Å². The standard InChI is InChI=1S/C11H11ClN4S/c1-8-7-17-11(16(8)13)15-14-6-9-4-2-3-5-10(9)12/h2-7H,13H2,1H3/b14-6-,15-11-. The summed E-state index contributed by atoms with van der Waals surface area (Å²) in [7, 11) is 0. The van der Waals surface area contributed by atoms with E-state index in [9.17, 15) is 0 Å². The molecule has 0 saturated carbocycles. The van der Waals surface area contributed by atoms with E-state index in [4.69, 9.17) is 17.4 Å². The first kappa shape index (κ1) is 11.9. The number of halogens is 1. The molecule has 2 N–H and O–H groups in total. The van der Waals surface area contributed by atoms with Crippen LogP contribution in [-0.4, -0.2) is 10.9 Å². The summed E-state index contributed by atoms with van der Waals surface area (Å²) in [5, 5.41) is 10.6. The van der Waals surface area contributed by atoms with Crippen molar-refractivity contribution in [3.8, 4) is 0 Å². The predicted molar refractivity (Wildman–Crippen MR) is 71.8 cm³/mol. The highest BCUT2D eigenvalue weighted by molar-refractivity contribution is 7.07. The van der Waals surface area contributed by atoms with E-state index in [0.29, 0.717) is 9.82 Å². The molecule has 0 unspecified atom stereocenters. The van der Waals surface area contributed by atoms with Crippen molar-refractivity contribution in [1.29, 1.82) is 0 Å². The Hall–Kier alpha value is -1.59. The second-order valence-corrected chi connectivity index (χ2v) is 4.64. The van der Waals surface area contributed by atoms with Gasteiger partial charge in [-0.1, -0.05) is 29.8 Å². The van der Waals surface area contributed by atoms with Gasteiger partial charge in [0.05, 0.1) is 6.21 Å². The molecular formula is C11H11ClN4S. The normalized spacial score (nSPS) is 12.5. The maximum Gasteiger partial charge on any atom is 0.229 e. The molecule has 0 spiro atoms. The molecule has 0 radical (unpaired) electrons. The highest BCUT2D eigenvalue weighted by Crippen LogP contribution is 2.12. The van der Waals surface area contributed by atoms with E-state index in [-0.39, 0.29) is 0 Å². The largest absolute Gasteiger partial charge is 0.337 e. The molecule has 4 nitrogen and oxygen atoms in total. The number of nitrogen functional groups attached to an aromatic ring is 1. The van der Waals surface area contributed by atoms with Gasteiger partial charge in [0.15, 0.2) is 0 Å². The van der Waals surface area contributed by atoms with Gasteiger partial charge in [-0.15, -0.1) is 16.4 Å². The Morgan fingerprint density at radius 3 is 2.82 bits per heavy atom. The minimum atomic E-state index is 0.644. The molecule has 2 rings (SSSR count). The fraction of sp³-hybridized carbons (Fsp3) is 0.0909. The lowest BCUT2D eigenvalue weighted by Gasteiger charge is -1.94. The van der Waals surface area contributed by atoms with Gasteiger partial charge in [0, 0.05) is 21.7 Å². The quantitative estimate of drug-likeness (QED) is 0.505. The molecule has 0 aliphatic carbocycles. The smallest absolute Gasteiger partial charge is 0.229 e. The van der Waals surface area contributed by atoms with E-state index >= 15 is 0 Å². The van der Waals surface area contributed by atoms with Gasteiger partial charge >= 0.3 is 0 Å². The maximum absolute atomic E-state index is 5.98. The number of nitrogens with two attached hydrogens (primary N) is 1. The number of nitrogens with zero attached hydrogens (tertiary/aromatic N) is 3. The van der Waals surface area contributed by atoms with Crippen molar-refractivity contribution >= 4 is 29.2 Å². The fourth-order valence-corrected chi connectivity index (χ4v) is 2.12. The number of benzene rings is 1. The Balaban J connectivity index is 2.26. The Morgan fingerprint density at radius 1 is 1.41 bits per heavy atom. The number of rotatable bonds is 2. The zero-order chi connectivity index (χ0) is 12.3. The van der Waals surface area contributed by atoms with Gasteiger partial charge in [-0.25, -0.2) is 4.68 Å². The summed E-state index contributed by atoms with van der Waals surface area (Å²) in [6, 6.07) is 7.44. The monoisotopic (exact) mass is 266 g/mol. The highest BCUT2D eigenvalue weighted by Gasteiger charge is 1.95. The van der Waals surface area contributed by atoms with Crippen molar-refractivity contribution in [2.24, 2.45) is 10.2 Å². The summed E-state index contributed by atoms with van der Waals surface area (Å²) in [6.07, 6.45) is 1.61. The van der Waals surface area contributed by atoms with Gasteiger partial charge in [0.2, 0.25) is 4.80 Å². The molecule has 0 bridgehead atoms. The van der Waals surface area contributed by atoms with E-state index < -0.39 is 0 Å². The lowest BCUT2D eigenvalue weighted by molar-refractivity contribution is 0.884. The van der Waals surface area contributed by atoms with Gasteiger partial charge in [-0.2, -0.15) is 5.10 Å². The number of aromatic nitrogens is 1. The van der Waals surface area contributed by atoms with Crippen molar-refractivity contribution in [1.82, 2.24) is 4.68 Å². The number of aryl methyl sites for hydroxylation is 1. The number of thiazole rings is 1. The molecule has 0 fully saturated rings. The van der Waals surface area contributed by atoms with Crippen molar-refractivity contribution < 1.29 is 0 Å². The molecular weight excluding hydrogens is 256 g/mol. The van der Waals surface area contributed by atoms with Crippen molar-refractivity contribution in [2.45, 2.75) is 6.92 Å². The van der Waals surface area contributed by atoms with Crippen LogP contribution in [0.3, 0.4) is 0 Å². The van der Waals surface area contributed by atoms with Crippen molar-refractivity contribution in [3.63, 3.8) is 0 Å². The minimum absolute atomic E-state index is 0.644. The van der Waals surface area contributed by atoms with E-state index in [1.807, 2.05) is 30.5 Å². The predicted octanol–water partition coefficient (Wildman–Crippen LogP) is 2.16. The van der Waals surface area contributed by atoms with Crippen LogP contribution >= 0.6 is 22.9 Å². The topological polar surface area (TPSA) is 55.7 Å². The highest BCUT2D eigenvalue weighted by atomic mass is 35.5. The van der Waals surface area contributed by atoms with E-state index in [2.05, 4.69) is 10.2 Å². The molecule has 6 heteroatoms. The summed E-state index contributed by atoms with van der Waals surface area (Å²) in [5.41, 5.74) is 1.77. The van der Waals surface area contributed by atoms with Gasteiger partial charge in [0.25, 0.3) is 0 Å². The van der Waals surface area contributed by atoms with Crippen LogP contribution in [0.1, 0.15) is 11.3 Å². The third kappa shape index (κ3) is 2.75. The molecule has 88 valence electrons. The molecule has 0 amide bonds. The average molecular weight is 267 g/mol. The first-order valence-corrected chi connectivity index (χ1v) is 6.18. The van der Waals surface area contributed by atoms with Crippen LogP contribution in [0, 0.1) is 6.92 Å². The molecule has 2 aromatic rings. The third-order valence-electron chi connectivity index (χ3n) is 2.17. The molecule has 17 heavy (non-hydrogen) atoms. The molecule has 0 atom stereocenters. The average Bonchev–Trinajstić information content (AvgIpc) is 2.63. The van der Waals surface area contributed by atoms with Crippen LogP contribution in [-0.2, 0) is 0 Å². The number of hydrogen-bond acceptors (Lipinski definition) is 4. The maximum atomic E-state index is 5.98. The minimum Gasteiger partial charge on any atom is -0.337 e. The first-order valence-electron chi connectivity index (χ1n) is 4.92. The fourth-order valence-electron chi connectivity index (χ4n) is 1.19. The third-order valence-corrected chi connectivity index (χ3v) is 3.46.